The van der Waals surface area contributed by atoms with Crippen molar-refractivity contribution in [2.45, 2.75) is 13.5 Å². The highest BCUT2D eigenvalue weighted by atomic mass is 35.5. The van der Waals surface area contributed by atoms with Crippen LogP contribution in [0.3, 0.4) is 0 Å². The molecule has 1 unspecified atom stereocenters. The Bertz CT molecular complexity index is 557. The van der Waals surface area contributed by atoms with Crippen molar-refractivity contribution in [3.05, 3.63) is 23.2 Å². The molecule has 0 aliphatic carbocycles. The number of nitrogens with one attached hydrogen (secondary N) is 1. The van der Waals surface area contributed by atoms with Gasteiger partial charge in [0.05, 0.1) is 10.9 Å². The largest absolute Gasteiger partial charge is 0.481 e. The summed E-state index contributed by atoms with van der Waals surface area (Å²) in [4.78, 5) is 23.8. The van der Waals surface area contributed by atoms with Gasteiger partial charge in [-0.25, -0.2) is 4.79 Å². The van der Waals surface area contributed by atoms with Crippen molar-refractivity contribution in [2.24, 2.45) is 5.92 Å². The topological polar surface area (TPSA) is 78.9 Å². The number of alkyl halides is 2. The van der Waals surface area contributed by atoms with Crippen LogP contribution >= 0.6 is 11.6 Å². The number of benzene rings is 1. The molecule has 1 atom stereocenters. The number of halogens is 3. The molecule has 0 aliphatic rings. The predicted molar refractivity (Wildman–Crippen MR) is 76.5 cm³/mol. The smallest absolute Gasteiger partial charge is 0.387 e. The number of urea groups is 1. The summed E-state index contributed by atoms with van der Waals surface area (Å²) >= 11 is 5.76. The Kier molecular flexibility index (Phi) is 6.36. The second kappa shape index (κ2) is 7.79. The third-order valence-corrected chi connectivity index (χ3v) is 3.01. The second-order valence-corrected chi connectivity index (χ2v) is 4.98. The molecule has 9 heteroatoms. The molecular formula is C13H15ClF2N2O4. The van der Waals surface area contributed by atoms with Gasteiger partial charge in [0, 0.05) is 19.3 Å². The number of carboxylic acids is 1. The third kappa shape index (κ3) is 5.36. The molecule has 0 bridgehead atoms. The highest BCUT2D eigenvalue weighted by Crippen LogP contribution is 2.29. The highest BCUT2D eigenvalue weighted by Gasteiger charge is 2.18. The first kappa shape index (κ1) is 18.0. The van der Waals surface area contributed by atoms with Crippen molar-refractivity contribution in [3.63, 3.8) is 0 Å². The van der Waals surface area contributed by atoms with Crippen LogP contribution in [0.5, 0.6) is 5.75 Å². The number of ether oxygens (including phenoxy) is 1. The van der Waals surface area contributed by atoms with Gasteiger partial charge < -0.3 is 20.1 Å². The SMILES string of the molecule is CC(CN(C)C(=O)Nc1ccc(OC(F)F)c(Cl)c1)C(=O)O. The number of amides is 2. The molecule has 1 aromatic rings. The number of nitrogens with zero attached hydrogens (tertiary/aromatic N) is 1. The summed E-state index contributed by atoms with van der Waals surface area (Å²) in [5, 5.41) is 11.2. The van der Waals surface area contributed by atoms with Crippen LogP contribution in [0.2, 0.25) is 5.02 Å². The van der Waals surface area contributed by atoms with Gasteiger partial charge in [-0.05, 0) is 18.2 Å². The maximum atomic E-state index is 12.1. The van der Waals surface area contributed by atoms with Crippen molar-refractivity contribution in [2.75, 3.05) is 18.9 Å². The Balaban J connectivity index is 2.68. The first-order chi connectivity index (χ1) is 10.2. The zero-order valence-electron chi connectivity index (χ0n) is 11.8. The molecule has 0 aliphatic heterocycles. The number of carbonyl (C=O) groups is 2. The molecule has 122 valence electrons. The maximum absolute atomic E-state index is 12.1. The van der Waals surface area contributed by atoms with Crippen LogP contribution in [0, 0.1) is 5.92 Å². The Hall–Kier alpha value is -2.09. The van der Waals surface area contributed by atoms with Crippen LogP contribution in [-0.4, -0.2) is 42.2 Å². The molecule has 1 aromatic carbocycles. The number of rotatable bonds is 6. The molecule has 0 heterocycles. The molecule has 6 nitrogen and oxygen atoms in total. The van der Waals surface area contributed by atoms with E-state index in [4.69, 9.17) is 16.7 Å². The monoisotopic (exact) mass is 336 g/mol. The first-order valence-corrected chi connectivity index (χ1v) is 6.57. The normalized spacial score (nSPS) is 11.9. The van der Waals surface area contributed by atoms with Crippen LogP contribution in [0.4, 0.5) is 19.3 Å². The predicted octanol–water partition coefficient (Wildman–Crippen LogP) is 3.13. The number of carboxylic acid groups (broad SMARTS) is 1. The van der Waals surface area contributed by atoms with E-state index >= 15 is 0 Å². The van der Waals surface area contributed by atoms with Gasteiger partial charge in [0.1, 0.15) is 5.75 Å². The van der Waals surface area contributed by atoms with E-state index in [1.807, 2.05) is 0 Å². The van der Waals surface area contributed by atoms with E-state index in [9.17, 15) is 18.4 Å². The summed E-state index contributed by atoms with van der Waals surface area (Å²) in [6.07, 6.45) is 0. The molecule has 1 rings (SSSR count). The fraction of sp³-hybridized carbons (Fsp3) is 0.385. The average molecular weight is 337 g/mol. The van der Waals surface area contributed by atoms with E-state index in [-0.39, 0.29) is 23.0 Å². The van der Waals surface area contributed by atoms with E-state index in [2.05, 4.69) is 10.1 Å². The van der Waals surface area contributed by atoms with Gasteiger partial charge >= 0.3 is 18.6 Å². The fourth-order valence-electron chi connectivity index (χ4n) is 1.56. The average Bonchev–Trinajstić information content (AvgIpc) is 2.41. The summed E-state index contributed by atoms with van der Waals surface area (Å²) in [5.74, 6) is -1.94. The van der Waals surface area contributed by atoms with E-state index in [0.717, 1.165) is 0 Å². The zero-order valence-corrected chi connectivity index (χ0v) is 12.6. The Morgan fingerprint density at radius 1 is 1.45 bits per heavy atom. The van der Waals surface area contributed by atoms with Gasteiger partial charge in [-0.1, -0.05) is 18.5 Å². The van der Waals surface area contributed by atoms with Crippen molar-refractivity contribution >= 4 is 29.3 Å². The highest BCUT2D eigenvalue weighted by molar-refractivity contribution is 6.32. The maximum Gasteiger partial charge on any atom is 0.387 e. The van der Waals surface area contributed by atoms with Crippen molar-refractivity contribution in [1.29, 1.82) is 0 Å². The lowest BCUT2D eigenvalue weighted by atomic mass is 10.2. The number of aliphatic carboxylic acids is 1. The second-order valence-electron chi connectivity index (χ2n) is 4.57. The number of carbonyl (C=O) groups excluding carboxylic acids is 1. The van der Waals surface area contributed by atoms with Gasteiger partial charge in [-0.2, -0.15) is 8.78 Å². The lowest BCUT2D eigenvalue weighted by molar-refractivity contribution is -0.141. The van der Waals surface area contributed by atoms with E-state index in [0.29, 0.717) is 0 Å². The minimum atomic E-state index is -3.00. The number of anilines is 1. The summed E-state index contributed by atoms with van der Waals surface area (Å²) in [6.45, 7) is -1.51. The van der Waals surface area contributed by atoms with Crippen LogP contribution < -0.4 is 10.1 Å². The van der Waals surface area contributed by atoms with E-state index in [1.54, 1.807) is 0 Å². The van der Waals surface area contributed by atoms with E-state index < -0.39 is 24.5 Å². The standard InChI is InChI=1S/C13H15ClF2N2O4/c1-7(11(19)20)6-18(2)13(21)17-8-3-4-10(9(14)5-8)22-12(15)16/h3-5,7,12H,6H2,1-2H3,(H,17,21)(H,19,20). The molecule has 0 aromatic heterocycles. The molecule has 0 fully saturated rings. The number of hydrogen-bond acceptors (Lipinski definition) is 3. The Labute approximate surface area is 130 Å². The van der Waals surface area contributed by atoms with Crippen molar-refractivity contribution < 1.29 is 28.2 Å². The van der Waals surface area contributed by atoms with Crippen LogP contribution in [0.25, 0.3) is 0 Å². The van der Waals surface area contributed by atoms with E-state index in [1.165, 1.54) is 37.1 Å². The molecule has 22 heavy (non-hydrogen) atoms. The summed E-state index contributed by atoms with van der Waals surface area (Å²) in [6, 6.07) is 3.25. The summed E-state index contributed by atoms with van der Waals surface area (Å²) in [7, 11) is 1.44. The quantitative estimate of drug-likeness (QED) is 0.836. The van der Waals surface area contributed by atoms with Gasteiger partial charge in [0.15, 0.2) is 0 Å². The van der Waals surface area contributed by atoms with Crippen LogP contribution in [0.1, 0.15) is 6.92 Å². The molecular weight excluding hydrogens is 322 g/mol. The number of hydrogen-bond donors (Lipinski definition) is 2. The Morgan fingerprint density at radius 3 is 2.59 bits per heavy atom. The van der Waals surface area contributed by atoms with Gasteiger partial charge in [-0.3, -0.25) is 4.79 Å². The molecule has 0 saturated heterocycles. The summed E-state index contributed by atoms with van der Waals surface area (Å²) < 4.78 is 28.4. The Morgan fingerprint density at radius 2 is 2.09 bits per heavy atom. The van der Waals surface area contributed by atoms with Gasteiger partial charge in [-0.15, -0.1) is 0 Å². The van der Waals surface area contributed by atoms with Crippen LogP contribution in [0.15, 0.2) is 18.2 Å². The minimum absolute atomic E-state index is 0.0154. The van der Waals surface area contributed by atoms with Crippen molar-refractivity contribution in [3.8, 4) is 5.75 Å². The molecule has 0 radical (unpaired) electrons. The molecule has 2 amide bonds. The lowest BCUT2D eigenvalue weighted by Gasteiger charge is -2.20. The fourth-order valence-corrected chi connectivity index (χ4v) is 1.79. The molecule has 0 spiro atoms. The summed E-state index contributed by atoms with van der Waals surface area (Å²) in [5.41, 5.74) is 0.270. The molecule has 0 saturated carbocycles. The van der Waals surface area contributed by atoms with Crippen molar-refractivity contribution in [1.82, 2.24) is 4.90 Å². The van der Waals surface area contributed by atoms with Gasteiger partial charge in [0.25, 0.3) is 0 Å². The van der Waals surface area contributed by atoms with Crippen LogP contribution in [-0.2, 0) is 4.79 Å². The zero-order chi connectivity index (χ0) is 16.9. The third-order valence-electron chi connectivity index (χ3n) is 2.72. The van der Waals surface area contributed by atoms with Gasteiger partial charge in [0.2, 0.25) is 0 Å². The first-order valence-electron chi connectivity index (χ1n) is 6.20. The molecule has 2 N–H and O–H groups in total. The lowest BCUT2D eigenvalue weighted by Crippen LogP contribution is -2.36. The minimum Gasteiger partial charge on any atom is -0.481 e.